The third-order valence-electron chi connectivity index (χ3n) is 1.96. The maximum Gasteiger partial charge on any atom is 0.242 e. The number of anilines is 1. The Morgan fingerprint density at radius 2 is 2.57 bits per heavy atom. The van der Waals surface area contributed by atoms with Gasteiger partial charge in [-0.05, 0) is 6.42 Å². The summed E-state index contributed by atoms with van der Waals surface area (Å²) in [6.07, 6.45) is 4.31. The summed E-state index contributed by atoms with van der Waals surface area (Å²) in [6, 6.07) is 1.25. The highest BCUT2D eigenvalue weighted by Crippen LogP contribution is 2.03. The fraction of sp³-hybridized carbons (Fsp3) is 0.556. The van der Waals surface area contributed by atoms with Gasteiger partial charge in [-0.15, -0.1) is 0 Å². The number of amides is 1. The van der Waals surface area contributed by atoms with Crippen LogP contribution in [0.25, 0.3) is 0 Å². The average Bonchev–Trinajstić information content (AvgIpc) is 2.66. The van der Waals surface area contributed by atoms with E-state index in [-0.39, 0.29) is 5.91 Å². The van der Waals surface area contributed by atoms with Crippen molar-refractivity contribution in [1.82, 2.24) is 10.2 Å². The molecule has 0 spiro atoms. The smallest absolute Gasteiger partial charge is 0.242 e. The number of carbonyl (C=O) groups is 1. The van der Waals surface area contributed by atoms with E-state index in [1.165, 1.54) is 0 Å². The normalized spacial score (nSPS) is 12.4. The molecule has 1 rings (SSSR count). The number of nitrogens with zero attached hydrogens (tertiary/aromatic N) is 1. The molecule has 0 saturated carbocycles. The molecule has 0 radical (unpaired) electrons. The number of aromatic amines is 1. The molecule has 1 amide bonds. The van der Waals surface area contributed by atoms with Gasteiger partial charge < -0.3 is 11.1 Å². The summed E-state index contributed by atoms with van der Waals surface area (Å²) in [5.74, 6) is 0.421. The molecule has 1 heterocycles. The third kappa shape index (κ3) is 3.18. The highest BCUT2D eigenvalue weighted by atomic mass is 16.2. The number of carbonyl (C=O) groups excluding carboxylic acids is 1. The average molecular weight is 196 g/mol. The Kier molecular flexibility index (Phi) is 4.12. The van der Waals surface area contributed by atoms with E-state index in [1.807, 2.05) is 0 Å². The Morgan fingerprint density at radius 1 is 1.79 bits per heavy atom. The molecule has 0 aliphatic heterocycles. The molecule has 1 aromatic heterocycles. The second kappa shape index (κ2) is 5.39. The number of nitrogens with two attached hydrogens (primary N) is 1. The lowest BCUT2D eigenvalue weighted by molar-refractivity contribution is -0.117. The Labute approximate surface area is 83.1 Å². The van der Waals surface area contributed by atoms with Gasteiger partial charge in [-0.1, -0.05) is 19.8 Å². The van der Waals surface area contributed by atoms with E-state index >= 15 is 0 Å². The van der Waals surface area contributed by atoms with Crippen LogP contribution in [0.4, 0.5) is 5.82 Å². The second-order valence-corrected chi connectivity index (χ2v) is 3.21. The van der Waals surface area contributed by atoms with Gasteiger partial charge in [0.25, 0.3) is 0 Å². The summed E-state index contributed by atoms with van der Waals surface area (Å²) < 4.78 is 0. The minimum atomic E-state index is -0.432. The van der Waals surface area contributed by atoms with Gasteiger partial charge in [0.05, 0.1) is 12.2 Å². The molecule has 5 nitrogen and oxygen atoms in total. The van der Waals surface area contributed by atoms with Crippen molar-refractivity contribution < 1.29 is 4.79 Å². The molecule has 1 atom stereocenters. The quantitative estimate of drug-likeness (QED) is 0.653. The predicted molar refractivity (Wildman–Crippen MR) is 54.7 cm³/mol. The van der Waals surface area contributed by atoms with Gasteiger partial charge >= 0.3 is 0 Å². The maximum absolute atomic E-state index is 11.4. The molecule has 0 aliphatic rings. The lowest BCUT2D eigenvalue weighted by Gasteiger charge is -2.09. The second-order valence-electron chi connectivity index (χ2n) is 3.21. The zero-order valence-corrected chi connectivity index (χ0v) is 8.29. The number of rotatable bonds is 5. The number of aromatic nitrogens is 2. The first kappa shape index (κ1) is 10.7. The summed E-state index contributed by atoms with van der Waals surface area (Å²) in [5, 5.41) is 9.01. The number of hydrogen-bond acceptors (Lipinski definition) is 3. The number of nitrogens with one attached hydrogen (secondary N) is 2. The first-order valence-electron chi connectivity index (χ1n) is 4.80. The molecule has 0 saturated heterocycles. The fourth-order valence-corrected chi connectivity index (χ4v) is 1.11. The van der Waals surface area contributed by atoms with Crippen molar-refractivity contribution in [3.05, 3.63) is 12.3 Å². The van der Waals surface area contributed by atoms with Gasteiger partial charge in [0.2, 0.25) is 5.91 Å². The minimum Gasteiger partial charge on any atom is -0.320 e. The molecule has 0 unspecified atom stereocenters. The topological polar surface area (TPSA) is 83.8 Å². The number of H-pyrrole nitrogens is 1. The van der Waals surface area contributed by atoms with E-state index in [4.69, 9.17) is 5.73 Å². The third-order valence-corrected chi connectivity index (χ3v) is 1.96. The molecule has 0 aromatic carbocycles. The molecule has 0 fully saturated rings. The highest BCUT2D eigenvalue weighted by molar-refractivity contribution is 5.93. The van der Waals surface area contributed by atoms with E-state index < -0.39 is 6.04 Å². The first-order chi connectivity index (χ1) is 6.74. The summed E-state index contributed by atoms with van der Waals surface area (Å²) in [6.45, 7) is 2.07. The maximum atomic E-state index is 11.4. The van der Waals surface area contributed by atoms with Crippen LogP contribution in [0.15, 0.2) is 12.3 Å². The Morgan fingerprint density at radius 3 is 3.14 bits per heavy atom. The van der Waals surface area contributed by atoms with Crippen LogP contribution in [-0.2, 0) is 4.79 Å². The van der Waals surface area contributed by atoms with Crippen LogP contribution < -0.4 is 11.1 Å². The van der Waals surface area contributed by atoms with Crippen molar-refractivity contribution >= 4 is 11.7 Å². The summed E-state index contributed by atoms with van der Waals surface area (Å²) in [7, 11) is 0. The lowest BCUT2D eigenvalue weighted by atomic mass is 10.1. The summed E-state index contributed by atoms with van der Waals surface area (Å²) in [5.41, 5.74) is 5.67. The van der Waals surface area contributed by atoms with E-state index in [0.29, 0.717) is 5.82 Å². The standard InChI is InChI=1S/C9H16N4O/c1-2-3-4-7(10)9(14)12-8-5-6-11-13-8/h5-7H,2-4,10H2,1H3,(H2,11,12,13,14)/t7-/m0/s1. The van der Waals surface area contributed by atoms with Crippen LogP contribution in [0.5, 0.6) is 0 Å². The number of hydrogen-bond donors (Lipinski definition) is 3. The lowest BCUT2D eigenvalue weighted by Crippen LogP contribution is -2.35. The van der Waals surface area contributed by atoms with Crippen molar-refractivity contribution in [2.24, 2.45) is 5.73 Å². The molecule has 1 aromatic rings. The van der Waals surface area contributed by atoms with Crippen molar-refractivity contribution in [2.75, 3.05) is 5.32 Å². The van der Waals surface area contributed by atoms with Gasteiger partial charge in [0.1, 0.15) is 5.82 Å². The molecule has 5 heteroatoms. The molecule has 0 bridgehead atoms. The van der Waals surface area contributed by atoms with Gasteiger partial charge in [-0.2, -0.15) is 5.10 Å². The minimum absolute atomic E-state index is 0.164. The van der Waals surface area contributed by atoms with E-state index in [2.05, 4.69) is 22.4 Å². The largest absolute Gasteiger partial charge is 0.320 e. The number of unbranched alkanes of at least 4 members (excludes halogenated alkanes) is 1. The molecule has 78 valence electrons. The van der Waals surface area contributed by atoms with Crippen LogP contribution in [0.2, 0.25) is 0 Å². The van der Waals surface area contributed by atoms with Gasteiger partial charge in [0, 0.05) is 6.07 Å². The Balaban J connectivity index is 2.34. The predicted octanol–water partition coefficient (Wildman–Crippen LogP) is 0.866. The van der Waals surface area contributed by atoms with Crippen LogP contribution in [-0.4, -0.2) is 22.1 Å². The Bertz CT molecular complexity index is 270. The molecule has 4 N–H and O–H groups in total. The zero-order valence-electron chi connectivity index (χ0n) is 8.29. The Hall–Kier alpha value is -1.36. The van der Waals surface area contributed by atoms with E-state index in [0.717, 1.165) is 19.3 Å². The highest BCUT2D eigenvalue weighted by Gasteiger charge is 2.12. The van der Waals surface area contributed by atoms with Crippen LogP contribution in [0.1, 0.15) is 26.2 Å². The van der Waals surface area contributed by atoms with Gasteiger partial charge in [-0.3, -0.25) is 9.89 Å². The van der Waals surface area contributed by atoms with E-state index in [1.54, 1.807) is 12.3 Å². The van der Waals surface area contributed by atoms with Gasteiger partial charge in [0.15, 0.2) is 0 Å². The van der Waals surface area contributed by atoms with Crippen molar-refractivity contribution in [3.63, 3.8) is 0 Å². The van der Waals surface area contributed by atoms with Crippen LogP contribution in [0, 0.1) is 0 Å². The monoisotopic (exact) mass is 196 g/mol. The van der Waals surface area contributed by atoms with Crippen molar-refractivity contribution in [1.29, 1.82) is 0 Å². The molecule has 0 aliphatic carbocycles. The van der Waals surface area contributed by atoms with Crippen LogP contribution in [0.3, 0.4) is 0 Å². The van der Waals surface area contributed by atoms with Crippen LogP contribution >= 0.6 is 0 Å². The van der Waals surface area contributed by atoms with Crippen molar-refractivity contribution in [2.45, 2.75) is 32.2 Å². The molecular formula is C9H16N4O. The molecule has 14 heavy (non-hydrogen) atoms. The first-order valence-corrected chi connectivity index (χ1v) is 4.80. The summed E-state index contributed by atoms with van der Waals surface area (Å²) >= 11 is 0. The molecular weight excluding hydrogens is 180 g/mol. The zero-order chi connectivity index (χ0) is 10.4. The fourth-order valence-electron chi connectivity index (χ4n) is 1.11. The van der Waals surface area contributed by atoms with Crippen molar-refractivity contribution in [3.8, 4) is 0 Å². The van der Waals surface area contributed by atoms with Gasteiger partial charge in [-0.25, -0.2) is 0 Å². The SMILES string of the molecule is CCCC[C@H](N)C(=O)Nc1ccn[nH]1. The summed E-state index contributed by atoms with van der Waals surface area (Å²) in [4.78, 5) is 11.4. The van der Waals surface area contributed by atoms with E-state index in [9.17, 15) is 4.79 Å².